The Morgan fingerprint density at radius 2 is 1.73 bits per heavy atom. The van der Waals surface area contributed by atoms with Crippen LogP contribution in [0.25, 0.3) is 10.8 Å². The highest BCUT2D eigenvalue weighted by atomic mass is 79.9. The SMILES string of the molecule is CC[C@H](C)c1ccc(NC(=O)COc2ccc3cc(Br)ccc3c2)cc1. The normalized spacial score (nSPS) is 12.0. The Morgan fingerprint density at radius 1 is 1.04 bits per heavy atom. The van der Waals surface area contributed by atoms with Gasteiger partial charge in [0.25, 0.3) is 5.91 Å². The minimum absolute atomic E-state index is 0.0187. The maximum Gasteiger partial charge on any atom is 0.262 e. The highest BCUT2D eigenvalue weighted by Crippen LogP contribution is 2.24. The van der Waals surface area contributed by atoms with Gasteiger partial charge in [-0.05, 0) is 65.1 Å². The van der Waals surface area contributed by atoms with Gasteiger partial charge in [0.1, 0.15) is 5.75 Å². The van der Waals surface area contributed by atoms with Crippen LogP contribution in [0.5, 0.6) is 5.75 Å². The van der Waals surface area contributed by atoms with Gasteiger partial charge in [-0.2, -0.15) is 0 Å². The van der Waals surface area contributed by atoms with Gasteiger partial charge in [-0.15, -0.1) is 0 Å². The van der Waals surface area contributed by atoms with E-state index in [1.54, 1.807) is 0 Å². The Labute approximate surface area is 162 Å². The summed E-state index contributed by atoms with van der Waals surface area (Å²) in [6.45, 7) is 4.35. The lowest BCUT2D eigenvalue weighted by atomic mass is 9.99. The Balaban J connectivity index is 1.57. The van der Waals surface area contributed by atoms with E-state index >= 15 is 0 Å². The second-order valence-corrected chi connectivity index (χ2v) is 7.34. The summed E-state index contributed by atoms with van der Waals surface area (Å²) in [6.07, 6.45) is 1.10. The number of nitrogens with one attached hydrogen (secondary N) is 1. The lowest BCUT2D eigenvalue weighted by molar-refractivity contribution is -0.118. The van der Waals surface area contributed by atoms with E-state index in [0.29, 0.717) is 11.7 Å². The molecule has 0 saturated heterocycles. The zero-order valence-corrected chi connectivity index (χ0v) is 16.5. The quantitative estimate of drug-likeness (QED) is 0.529. The molecule has 3 rings (SSSR count). The van der Waals surface area contributed by atoms with Gasteiger partial charge >= 0.3 is 0 Å². The van der Waals surface area contributed by atoms with Crippen molar-refractivity contribution in [1.82, 2.24) is 0 Å². The molecule has 3 aromatic carbocycles. The Hall–Kier alpha value is -2.33. The molecule has 3 aromatic rings. The number of carbonyl (C=O) groups is 1. The number of halogens is 1. The fourth-order valence-corrected chi connectivity index (χ4v) is 3.14. The zero-order valence-electron chi connectivity index (χ0n) is 15.0. The molecule has 0 unspecified atom stereocenters. The summed E-state index contributed by atoms with van der Waals surface area (Å²) < 4.78 is 6.67. The standard InChI is InChI=1S/C22H22BrNO2/c1-3-15(2)16-5-9-20(10-6-16)24-22(25)14-26-21-11-7-17-12-19(23)8-4-18(17)13-21/h4-13,15H,3,14H2,1-2H3,(H,24,25)/t15-/m0/s1. The van der Waals surface area contributed by atoms with Crippen molar-refractivity contribution < 1.29 is 9.53 Å². The maximum atomic E-state index is 12.1. The summed E-state index contributed by atoms with van der Waals surface area (Å²) in [5, 5.41) is 5.07. The smallest absolute Gasteiger partial charge is 0.262 e. The lowest BCUT2D eigenvalue weighted by Crippen LogP contribution is -2.20. The summed E-state index contributed by atoms with van der Waals surface area (Å²) in [4.78, 5) is 12.1. The molecule has 134 valence electrons. The van der Waals surface area contributed by atoms with Crippen molar-refractivity contribution >= 4 is 38.3 Å². The summed E-state index contributed by atoms with van der Waals surface area (Å²) >= 11 is 3.46. The average Bonchev–Trinajstić information content (AvgIpc) is 2.66. The largest absolute Gasteiger partial charge is 0.484 e. The molecule has 0 fully saturated rings. The fourth-order valence-electron chi connectivity index (χ4n) is 2.76. The molecule has 0 radical (unpaired) electrons. The number of benzene rings is 3. The first-order chi connectivity index (χ1) is 12.5. The average molecular weight is 412 g/mol. The van der Waals surface area contributed by atoms with Gasteiger partial charge in [-0.1, -0.05) is 54.0 Å². The van der Waals surface area contributed by atoms with Crippen molar-refractivity contribution in [2.24, 2.45) is 0 Å². The molecular formula is C22H22BrNO2. The lowest BCUT2D eigenvalue weighted by Gasteiger charge is -2.11. The summed E-state index contributed by atoms with van der Waals surface area (Å²) in [5.74, 6) is 1.04. The van der Waals surface area contributed by atoms with Gasteiger partial charge in [0.15, 0.2) is 6.61 Å². The molecule has 1 atom stereocenters. The molecular weight excluding hydrogens is 390 g/mol. The van der Waals surface area contributed by atoms with Crippen LogP contribution in [0.1, 0.15) is 31.7 Å². The van der Waals surface area contributed by atoms with Gasteiger partial charge in [0.05, 0.1) is 0 Å². The number of fused-ring (bicyclic) bond motifs is 1. The number of hydrogen-bond acceptors (Lipinski definition) is 2. The molecule has 0 aromatic heterocycles. The van der Waals surface area contributed by atoms with Crippen molar-refractivity contribution in [2.75, 3.05) is 11.9 Å². The van der Waals surface area contributed by atoms with Crippen LogP contribution in [0.3, 0.4) is 0 Å². The van der Waals surface area contributed by atoms with Crippen molar-refractivity contribution in [2.45, 2.75) is 26.2 Å². The Morgan fingerprint density at radius 3 is 2.46 bits per heavy atom. The van der Waals surface area contributed by atoms with Crippen LogP contribution in [0.15, 0.2) is 65.1 Å². The van der Waals surface area contributed by atoms with Crippen LogP contribution in [-0.4, -0.2) is 12.5 Å². The van der Waals surface area contributed by atoms with Crippen LogP contribution in [-0.2, 0) is 4.79 Å². The molecule has 0 saturated carbocycles. The first-order valence-corrected chi connectivity index (χ1v) is 9.56. The van der Waals surface area contributed by atoms with Gasteiger partial charge < -0.3 is 10.1 Å². The minimum atomic E-state index is -0.169. The third-order valence-corrected chi connectivity index (χ3v) is 5.01. The van der Waals surface area contributed by atoms with Crippen molar-refractivity contribution in [3.05, 3.63) is 70.7 Å². The molecule has 0 spiro atoms. The van der Waals surface area contributed by atoms with E-state index in [9.17, 15) is 4.79 Å². The predicted molar refractivity (Wildman–Crippen MR) is 111 cm³/mol. The number of amides is 1. The first kappa shape index (κ1) is 18.5. The van der Waals surface area contributed by atoms with Gasteiger partial charge in [-0.25, -0.2) is 0 Å². The Kier molecular flexibility index (Phi) is 5.94. The first-order valence-electron chi connectivity index (χ1n) is 8.77. The number of ether oxygens (including phenoxy) is 1. The summed E-state index contributed by atoms with van der Waals surface area (Å²) in [7, 11) is 0. The van der Waals surface area contributed by atoms with Crippen LogP contribution in [0.4, 0.5) is 5.69 Å². The fraction of sp³-hybridized carbons (Fsp3) is 0.227. The van der Waals surface area contributed by atoms with Crippen LogP contribution in [0.2, 0.25) is 0 Å². The number of rotatable bonds is 6. The van der Waals surface area contributed by atoms with Crippen molar-refractivity contribution in [1.29, 1.82) is 0 Å². The summed E-state index contributed by atoms with van der Waals surface area (Å²) in [6, 6.07) is 19.9. The molecule has 1 N–H and O–H groups in total. The Bertz CT molecular complexity index is 906. The van der Waals surface area contributed by atoms with Gasteiger partial charge in [-0.3, -0.25) is 4.79 Å². The molecule has 3 nitrogen and oxygen atoms in total. The second kappa shape index (κ2) is 8.37. The van der Waals surface area contributed by atoms with Crippen molar-refractivity contribution in [3.8, 4) is 5.75 Å². The summed E-state index contributed by atoms with van der Waals surface area (Å²) in [5.41, 5.74) is 2.07. The van der Waals surface area contributed by atoms with Gasteiger partial charge in [0.2, 0.25) is 0 Å². The molecule has 0 aliphatic rings. The predicted octanol–water partition coefficient (Wildman–Crippen LogP) is 6.13. The van der Waals surface area contributed by atoms with E-state index in [0.717, 1.165) is 27.4 Å². The third-order valence-electron chi connectivity index (χ3n) is 4.52. The molecule has 0 aliphatic heterocycles. The van der Waals surface area contributed by atoms with Crippen LogP contribution >= 0.6 is 15.9 Å². The number of anilines is 1. The number of carbonyl (C=O) groups excluding carboxylic acids is 1. The van der Waals surface area contributed by atoms with E-state index in [1.165, 1.54) is 5.56 Å². The van der Waals surface area contributed by atoms with E-state index in [1.807, 2.05) is 42.5 Å². The number of hydrogen-bond donors (Lipinski definition) is 1. The van der Waals surface area contributed by atoms with E-state index in [-0.39, 0.29) is 12.5 Å². The zero-order chi connectivity index (χ0) is 18.5. The molecule has 0 aliphatic carbocycles. The van der Waals surface area contributed by atoms with Crippen LogP contribution in [0, 0.1) is 0 Å². The minimum Gasteiger partial charge on any atom is -0.484 e. The topological polar surface area (TPSA) is 38.3 Å². The maximum absolute atomic E-state index is 12.1. The second-order valence-electron chi connectivity index (χ2n) is 6.42. The van der Waals surface area contributed by atoms with Crippen LogP contribution < -0.4 is 10.1 Å². The molecule has 4 heteroatoms. The van der Waals surface area contributed by atoms with Crippen molar-refractivity contribution in [3.63, 3.8) is 0 Å². The monoisotopic (exact) mass is 411 g/mol. The van der Waals surface area contributed by atoms with E-state index in [2.05, 4.69) is 53.3 Å². The molecule has 26 heavy (non-hydrogen) atoms. The van der Waals surface area contributed by atoms with E-state index < -0.39 is 0 Å². The molecule has 1 amide bonds. The molecule has 0 heterocycles. The molecule has 0 bridgehead atoms. The third kappa shape index (κ3) is 4.64. The van der Waals surface area contributed by atoms with E-state index in [4.69, 9.17) is 4.74 Å². The highest BCUT2D eigenvalue weighted by molar-refractivity contribution is 9.10. The highest BCUT2D eigenvalue weighted by Gasteiger charge is 2.06. The van der Waals surface area contributed by atoms with Gasteiger partial charge in [0, 0.05) is 10.2 Å².